The van der Waals surface area contributed by atoms with E-state index in [1.54, 1.807) is 6.33 Å². The van der Waals surface area contributed by atoms with Crippen LogP contribution in [0.3, 0.4) is 0 Å². The number of imidazole rings is 1. The van der Waals surface area contributed by atoms with Gasteiger partial charge in [-0.15, -0.1) is 0 Å². The third-order valence-electron chi connectivity index (χ3n) is 2.59. The minimum atomic E-state index is -0.0385. The van der Waals surface area contributed by atoms with Crippen molar-refractivity contribution < 1.29 is 5.11 Å². The number of aromatic hydroxyl groups is 1. The lowest BCUT2D eigenvalue weighted by Gasteiger charge is -2.04. The zero-order valence-corrected chi connectivity index (χ0v) is 8.98. The van der Waals surface area contributed by atoms with Gasteiger partial charge in [0.1, 0.15) is 6.33 Å². The van der Waals surface area contributed by atoms with E-state index in [1.165, 1.54) is 6.33 Å². The Labute approximate surface area is 97.4 Å². The Balaban J connectivity index is 2.07. The molecule has 2 heterocycles. The number of fused-ring (bicyclic) bond motifs is 1. The van der Waals surface area contributed by atoms with Crippen LogP contribution in [0.5, 0.6) is 5.88 Å². The van der Waals surface area contributed by atoms with Crippen molar-refractivity contribution in [1.29, 1.82) is 0 Å². The minimum Gasteiger partial charge on any atom is -0.492 e. The highest BCUT2D eigenvalue weighted by Crippen LogP contribution is 2.19. The van der Waals surface area contributed by atoms with E-state index >= 15 is 0 Å². The Hall–Kier alpha value is -2.43. The Morgan fingerprint density at radius 2 is 1.88 bits per heavy atom. The first-order chi connectivity index (χ1) is 8.34. The van der Waals surface area contributed by atoms with Crippen molar-refractivity contribution in [3.05, 3.63) is 48.5 Å². The molecule has 0 aliphatic heterocycles. The maximum atomic E-state index is 9.71. The summed E-state index contributed by atoms with van der Waals surface area (Å²) in [5, 5.41) is 9.71. The molecule has 17 heavy (non-hydrogen) atoms. The predicted octanol–water partition coefficient (Wildman–Crippen LogP) is 1.58. The van der Waals surface area contributed by atoms with Crippen LogP contribution in [-0.4, -0.2) is 24.6 Å². The van der Waals surface area contributed by atoms with Crippen LogP contribution >= 0.6 is 0 Å². The number of rotatable bonds is 2. The summed E-state index contributed by atoms with van der Waals surface area (Å²) in [5.41, 5.74) is 2.21. The van der Waals surface area contributed by atoms with Crippen LogP contribution in [0, 0.1) is 0 Å². The van der Waals surface area contributed by atoms with Crippen molar-refractivity contribution in [3.8, 4) is 5.88 Å². The highest BCUT2D eigenvalue weighted by Gasteiger charge is 2.09. The molecular formula is C12H10N4O. The SMILES string of the molecule is Oc1ncnc2ncn(Cc3ccccc3)c12. The molecule has 0 radical (unpaired) electrons. The first-order valence-electron chi connectivity index (χ1n) is 5.23. The molecule has 1 N–H and O–H groups in total. The smallest absolute Gasteiger partial charge is 0.241 e. The van der Waals surface area contributed by atoms with Gasteiger partial charge >= 0.3 is 0 Å². The van der Waals surface area contributed by atoms with Crippen LogP contribution in [-0.2, 0) is 6.54 Å². The van der Waals surface area contributed by atoms with E-state index in [-0.39, 0.29) is 5.88 Å². The molecule has 5 nitrogen and oxygen atoms in total. The zero-order valence-electron chi connectivity index (χ0n) is 8.98. The molecule has 0 aliphatic rings. The van der Waals surface area contributed by atoms with Gasteiger partial charge < -0.3 is 9.67 Å². The van der Waals surface area contributed by atoms with Gasteiger partial charge in [-0.1, -0.05) is 30.3 Å². The predicted molar refractivity (Wildman–Crippen MR) is 62.5 cm³/mol. The maximum Gasteiger partial charge on any atom is 0.241 e. The third-order valence-corrected chi connectivity index (χ3v) is 2.59. The molecule has 0 bridgehead atoms. The molecule has 0 unspecified atom stereocenters. The van der Waals surface area contributed by atoms with Crippen LogP contribution in [0.4, 0.5) is 0 Å². The summed E-state index contributed by atoms with van der Waals surface area (Å²) in [6.45, 7) is 0.637. The summed E-state index contributed by atoms with van der Waals surface area (Å²) < 4.78 is 1.83. The summed E-state index contributed by atoms with van der Waals surface area (Å²) in [5.74, 6) is -0.0385. The Kier molecular flexibility index (Phi) is 2.22. The molecule has 2 aromatic heterocycles. The lowest BCUT2D eigenvalue weighted by molar-refractivity contribution is 0.456. The van der Waals surface area contributed by atoms with E-state index in [2.05, 4.69) is 15.0 Å². The minimum absolute atomic E-state index is 0.0385. The fraction of sp³-hybridized carbons (Fsp3) is 0.0833. The number of benzene rings is 1. The van der Waals surface area contributed by atoms with Gasteiger partial charge in [-0.25, -0.2) is 9.97 Å². The Morgan fingerprint density at radius 3 is 2.71 bits per heavy atom. The molecule has 0 spiro atoms. The lowest BCUT2D eigenvalue weighted by Crippen LogP contribution is -1.98. The summed E-state index contributed by atoms with van der Waals surface area (Å²) in [7, 11) is 0. The van der Waals surface area contributed by atoms with Crippen LogP contribution < -0.4 is 0 Å². The van der Waals surface area contributed by atoms with E-state index in [9.17, 15) is 5.11 Å². The van der Waals surface area contributed by atoms with E-state index in [0.717, 1.165) is 5.56 Å². The molecule has 0 aliphatic carbocycles. The van der Waals surface area contributed by atoms with E-state index in [4.69, 9.17) is 0 Å². The first-order valence-corrected chi connectivity index (χ1v) is 5.23. The van der Waals surface area contributed by atoms with Gasteiger partial charge in [-0.2, -0.15) is 4.98 Å². The molecule has 0 saturated carbocycles. The zero-order chi connectivity index (χ0) is 11.7. The van der Waals surface area contributed by atoms with Crippen LogP contribution in [0.1, 0.15) is 5.56 Å². The van der Waals surface area contributed by atoms with Gasteiger partial charge in [0.15, 0.2) is 11.2 Å². The maximum absolute atomic E-state index is 9.71. The van der Waals surface area contributed by atoms with Crippen LogP contribution in [0.25, 0.3) is 11.2 Å². The second-order valence-corrected chi connectivity index (χ2v) is 3.73. The van der Waals surface area contributed by atoms with E-state index < -0.39 is 0 Å². The van der Waals surface area contributed by atoms with Crippen molar-refractivity contribution in [2.24, 2.45) is 0 Å². The van der Waals surface area contributed by atoms with Gasteiger partial charge in [-0.3, -0.25) is 0 Å². The topological polar surface area (TPSA) is 63.8 Å². The summed E-state index contributed by atoms with van der Waals surface area (Å²) in [6, 6.07) is 9.96. The molecule has 0 fully saturated rings. The summed E-state index contributed by atoms with van der Waals surface area (Å²) >= 11 is 0. The number of hydrogen-bond donors (Lipinski definition) is 1. The molecule has 1 aromatic carbocycles. The molecule has 0 saturated heterocycles. The fourth-order valence-electron chi connectivity index (χ4n) is 1.79. The second-order valence-electron chi connectivity index (χ2n) is 3.73. The van der Waals surface area contributed by atoms with Crippen molar-refractivity contribution in [3.63, 3.8) is 0 Å². The molecule has 84 valence electrons. The van der Waals surface area contributed by atoms with Gasteiger partial charge in [0.25, 0.3) is 0 Å². The Bertz CT molecular complexity index is 648. The van der Waals surface area contributed by atoms with Crippen molar-refractivity contribution in [2.75, 3.05) is 0 Å². The average molecular weight is 226 g/mol. The fourth-order valence-corrected chi connectivity index (χ4v) is 1.79. The number of nitrogens with zero attached hydrogens (tertiary/aromatic N) is 4. The standard InChI is InChI=1S/C12H10N4O/c17-12-10-11(13-7-14-12)15-8-16(10)6-9-4-2-1-3-5-9/h1-5,7-8H,6H2,(H,13,14,17). The van der Waals surface area contributed by atoms with Crippen LogP contribution in [0.2, 0.25) is 0 Å². The van der Waals surface area contributed by atoms with Gasteiger partial charge in [0.05, 0.1) is 6.33 Å². The highest BCUT2D eigenvalue weighted by atomic mass is 16.3. The molecule has 3 aromatic rings. The second kappa shape index (κ2) is 3.86. The van der Waals surface area contributed by atoms with E-state index in [1.807, 2.05) is 34.9 Å². The van der Waals surface area contributed by atoms with Crippen molar-refractivity contribution >= 4 is 11.2 Å². The van der Waals surface area contributed by atoms with Gasteiger partial charge in [0.2, 0.25) is 5.88 Å². The summed E-state index contributed by atoms with van der Waals surface area (Å²) in [4.78, 5) is 11.9. The molecule has 0 amide bonds. The van der Waals surface area contributed by atoms with Gasteiger partial charge in [0, 0.05) is 6.54 Å². The number of hydrogen-bond acceptors (Lipinski definition) is 4. The van der Waals surface area contributed by atoms with Crippen molar-refractivity contribution in [2.45, 2.75) is 6.54 Å². The third kappa shape index (κ3) is 1.71. The highest BCUT2D eigenvalue weighted by molar-refractivity contribution is 5.75. The monoisotopic (exact) mass is 226 g/mol. The van der Waals surface area contributed by atoms with E-state index in [0.29, 0.717) is 17.7 Å². The number of aromatic nitrogens is 4. The van der Waals surface area contributed by atoms with Gasteiger partial charge in [-0.05, 0) is 5.56 Å². The molecule has 5 heteroatoms. The Morgan fingerprint density at radius 1 is 1.06 bits per heavy atom. The lowest BCUT2D eigenvalue weighted by atomic mass is 10.2. The first kappa shape index (κ1) is 9.77. The van der Waals surface area contributed by atoms with Crippen LogP contribution in [0.15, 0.2) is 43.0 Å². The normalized spacial score (nSPS) is 10.8. The quantitative estimate of drug-likeness (QED) is 0.720. The molecular weight excluding hydrogens is 216 g/mol. The van der Waals surface area contributed by atoms with Crippen molar-refractivity contribution in [1.82, 2.24) is 19.5 Å². The summed E-state index contributed by atoms with van der Waals surface area (Å²) in [6.07, 6.45) is 2.96. The average Bonchev–Trinajstić information content (AvgIpc) is 2.75. The largest absolute Gasteiger partial charge is 0.492 e. The molecule has 0 atom stereocenters. The molecule has 3 rings (SSSR count).